The molecule has 7 aromatic rings. The molecule has 0 radical (unpaired) electrons. The number of anilines is 3. The fourth-order valence-corrected chi connectivity index (χ4v) is 7.36. The predicted molar refractivity (Wildman–Crippen MR) is 199 cm³/mol. The van der Waals surface area contributed by atoms with Gasteiger partial charge in [-0.05, 0) is 92.9 Å². The highest BCUT2D eigenvalue weighted by molar-refractivity contribution is 5.88. The molecule has 1 aliphatic carbocycles. The molecule has 1 aliphatic rings. The second-order valence-corrected chi connectivity index (χ2v) is 12.3. The van der Waals surface area contributed by atoms with Crippen LogP contribution in [0.1, 0.15) is 27.8 Å². The first-order valence-electron chi connectivity index (χ1n) is 16.3. The number of rotatable bonds is 8. The highest BCUT2D eigenvalue weighted by Gasteiger charge is 2.45. The Hall–Kier alpha value is -5.92. The van der Waals surface area contributed by atoms with Crippen molar-refractivity contribution in [2.75, 3.05) is 4.90 Å². The summed E-state index contributed by atoms with van der Waals surface area (Å²) in [5.41, 5.74) is 14.5. The van der Waals surface area contributed by atoms with Gasteiger partial charge < -0.3 is 4.90 Å². The maximum absolute atomic E-state index is 3.98. The lowest BCUT2D eigenvalue weighted by atomic mass is 9.68. The lowest BCUT2D eigenvalue weighted by molar-refractivity contribution is 0.629. The largest absolute Gasteiger partial charge is 0.310 e. The topological polar surface area (TPSA) is 3.24 Å². The van der Waals surface area contributed by atoms with Crippen molar-refractivity contribution in [3.05, 3.63) is 216 Å². The van der Waals surface area contributed by atoms with Crippen LogP contribution in [0.5, 0.6) is 0 Å². The molecule has 0 N–H and O–H groups in total. The van der Waals surface area contributed by atoms with E-state index in [1.807, 2.05) is 6.08 Å². The fourth-order valence-electron chi connectivity index (χ4n) is 7.36. The van der Waals surface area contributed by atoms with Crippen LogP contribution < -0.4 is 4.90 Å². The van der Waals surface area contributed by atoms with Crippen molar-refractivity contribution in [2.24, 2.45) is 0 Å². The summed E-state index contributed by atoms with van der Waals surface area (Å²) in [5.74, 6) is 0. The van der Waals surface area contributed by atoms with E-state index >= 15 is 0 Å². The van der Waals surface area contributed by atoms with Gasteiger partial charge in [-0.3, -0.25) is 0 Å². The zero-order chi connectivity index (χ0) is 31.6. The third-order valence-electron chi connectivity index (χ3n) is 9.60. The van der Waals surface area contributed by atoms with E-state index in [-0.39, 0.29) is 5.41 Å². The number of para-hydroxylation sites is 1. The van der Waals surface area contributed by atoms with Crippen LogP contribution in [0.3, 0.4) is 0 Å². The van der Waals surface area contributed by atoms with Crippen molar-refractivity contribution in [1.82, 2.24) is 0 Å². The van der Waals surface area contributed by atoms with Gasteiger partial charge >= 0.3 is 0 Å². The van der Waals surface area contributed by atoms with Gasteiger partial charge in [-0.1, -0.05) is 158 Å². The first-order valence-corrected chi connectivity index (χ1v) is 16.3. The van der Waals surface area contributed by atoms with Crippen molar-refractivity contribution in [1.29, 1.82) is 0 Å². The van der Waals surface area contributed by atoms with Gasteiger partial charge in [0.25, 0.3) is 0 Å². The average Bonchev–Trinajstić information content (AvgIpc) is 3.43. The van der Waals surface area contributed by atoms with E-state index in [9.17, 15) is 0 Å². The van der Waals surface area contributed by atoms with Crippen molar-refractivity contribution in [3.8, 4) is 22.3 Å². The molecule has 0 bridgehead atoms. The Morgan fingerprint density at radius 1 is 0.468 bits per heavy atom. The number of benzene rings is 7. The summed E-state index contributed by atoms with van der Waals surface area (Å²) >= 11 is 0. The van der Waals surface area contributed by atoms with Crippen LogP contribution in [0.15, 0.2) is 189 Å². The molecule has 1 atom stereocenters. The standard InChI is InChI=1S/C46H35N/c1-2-34-22-24-35(25-23-34)33-46(38-16-8-4-9-17-38)44-21-13-12-20-42(44)43-31-30-41(32-45(43)46)47(39-18-10-5-11-19-39)40-28-26-37(27-29-40)36-14-6-3-7-15-36/h2-32H,1,33H2. The summed E-state index contributed by atoms with van der Waals surface area (Å²) in [4.78, 5) is 2.38. The van der Waals surface area contributed by atoms with E-state index in [2.05, 4.69) is 193 Å². The van der Waals surface area contributed by atoms with Gasteiger partial charge in [-0.15, -0.1) is 0 Å². The van der Waals surface area contributed by atoms with Crippen LogP contribution in [0.4, 0.5) is 17.1 Å². The van der Waals surface area contributed by atoms with Gasteiger partial charge in [0.15, 0.2) is 0 Å². The number of hydrogen-bond acceptors (Lipinski definition) is 1. The van der Waals surface area contributed by atoms with Crippen molar-refractivity contribution >= 4 is 23.1 Å². The molecule has 1 heteroatoms. The molecule has 1 unspecified atom stereocenters. The summed E-state index contributed by atoms with van der Waals surface area (Å²) in [6, 6.07) is 66.2. The molecule has 0 fully saturated rings. The molecule has 0 aliphatic heterocycles. The van der Waals surface area contributed by atoms with Crippen molar-refractivity contribution in [2.45, 2.75) is 11.8 Å². The first kappa shape index (κ1) is 28.5. The van der Waals surface area contributed by atoms with E-state index in [1.54, 1.807) is 0 Å². The van der Waals surface area contributed by atoms with Gasteiger partial charge in [-0.2, -0.15) is 0 Å². The lowest BCUT2D eigenvalue weighted by Gasteiger charge is -2.34. The van der Waals surface area contributed by atoms with Crippen LogP contribution in [0.25, 0.3) is 28.3 Å². The zero-order valence-corrected chi connectivity index (χ0v) is 26.3. The van der Waals surface area contributed by atoms with Crippen LogP contribution >= 0.6 is 0 Å². The Morgan fingerprint density at radius 2 is 1.02 bits per heavy atom. The predicted octanol–water partition coefficient (Wildman–Crippen LogP) is 12.0. The Bertz CT molecular complexity index is 2150. The summed E-state index contributed by atoms with van der Waals surface area (Å²) in [7, 11) is 0. The number of nitrogens with zero attached hydrogens (tertiary/aromatic N) is 1. The fraction of sp³-hybridized carbons (Fsp3) is 0.0435. The van der Waals surface area contributed by atoms with Crippen molar-refractivity contribution in [3.63, 3.8) is 0 Å². The molecule has 47 heavy (non-hydrogen) atoms. The Labute approximate surface area is 277 Å². The quantitative estimate of drug-likeness (QED) is 0.167. The zero-order valence-electron chi connectivity index (χ0n) is 26.3. The molecule has 0 aromatic heterocycles. The normalized spacial score (nSPS) is 14.6. The van der Waals surface area contributed by atoms with E-state index in [0.29, 0.717) is 0 Å². The summed E-state index contributed by atoms with van der Waals surface area (Å²) in [5, 5.41) is 0. The Morgan fingerprint density at radius 3 is 1.72 bits per heavy atom. The number of fused-ring (bicyclic) bond motifs is 3. The third kappa shape index (κ3) is 5.07. The minimum absolute atomic E-state index is 0.363. The second kappa shape index (κ2) is 12.1. The Balaban J connectivity index is 1.33. The highest BCUT2D eigenvalue weighted by atomic mass is 15.1. The first-order chi connectivity index (χ1) is 23.2. The van der Waals surface area contributed by atoms with Gasteiger partial charge in [0.1, 0.15) is 0 Å². The van der Waals surface area contributed by atoms with Crippen LogP contribution in [0, 0.1) is 0 Å². The molecule has 0 saturated carbocycles. The molecule has 0 spiro atoms. The van der Waals surface area contributed by atoms with E-state index in [0.717, 1.165) is 29.0 Å². The lowest BCUT2D eigenvalue weighted by Crippen LogP contribution is -2.30. The SMILES string of the molecule is C=Cc1ccc(CC2(c3ccccc3)c3ccccc3-c3ccc(N(c4ccccc4)c4ccc(-c5ccccc5)cc4)cc32)cc1. The van der Waals surface area contributed by atoms with Crippen molar-refractivity contribution < 1.29 is 0 Å². The molecule has 224 valence electrons. The smallest absolute Gasteiger partial charge is 0.0504 e. The monoisotopic (exact) mass is 601 g/mol. The van der Waals surface area contributed by atoms with Crippen LogP contribution in [-0.4, -0.2) is 0 Å². The molecule has 0 amide bonds. The van der Waals surface area contributed by atoms with E-state index in [1.165, 1.54) is 44.5 Å². The third-order valence-corrected chi connectivity index (χ3v) is 9.60. The molecule has 8 rings (SSSR count). The summed E-state index contributed by atoms with van der Waals surface area (Å²) < 4.78 is 0. The summed E-state index contributed by atoms with van der Waals surface area (Å²) in [6.45, 7) is 3.98. The maximum atomic E-state index is 3.98. The molecule has 0 saturated heterocycles. The summed E-state index contributed by atoms with van der Waals surface area (Å²) in [6.07, 6.45) is 2.76. The maximum Gasteiger partial charge on any atom is 0.0504 e. The van der Waals surface area contributed by atoms with Crippen LogP contribution in [-0.2, 0) is 11.8 Å². The van der Waals surface area contributed by atoms with Crippen LogP contribution in [0.2, 0.25) is 0 Å². The van der Waals surface area contributed by atoms with Gasteiger partial charge in [0.05, 0.1) is 5.41 Å². The molecular weight excluding hydrogens is 567 g/mol. The van der Waals surface area contributed by atoms with E-state index < -0.39 is 0 Å². The Kier molecular flexibility index (Phi) is 7.36. The van der Waals surface area contributed by atoms with Gasteiger partial charge in [0.2, 0.25) is 0 Å². The molecule has 1 nitrogen and oxygen atoms in total. The molecular formula is C46H35N. The minimum atomic E-state index is -0.363. The minimum Gasteiger partial charge on any atom is -0.310 e. The number of hydrogen-bond donors (Lipinski definition) is 0. The highest BCUT2D eigenvalue weighted by Crippen LogP contribution is 2.55. The molecule has 7 aromatic carbocycles. The molecule has 0 heterocycles. The van der Waals surface area contributed by atoms with Gasteiger partial charge in [0, 0.05) is 17.1 Å². The second-order valence-electron chi connectivity index (χ2n) is 12.3. The average molecular weight is 602 g/mol. The van der Waals surface area contributed by atoms with E-state index in [4.69, 9.17) is 0 Å². The van der Waals surface area contributed by atoms with Gasteiger partial charge in [-0.25, -0.2) is 0 Å².